The fourth-order valence-corrected chi connectivity index (χ4v) is 2.62. The number of carbonyl (C=O) groups excluding carboxylic acids is 4. The molecular weight excluding hydrogens is 345 g/mol. The van der Waals surface area contributed by atoms with Crippen LogP contribution in [0.3, 0.4) is 0 Å². The van der Waals surface area contributed by atoms with E-state index in [1.165, 1.54) is 24.3 Å². The van der Waals surface area contributed by atoms with Crippen LogP contribution in [0.15, 0.2) is 24.3 Å². The Morgan fingerprint density at radius 1 is 1.23 bits per heavy atom. The van der Waals surface area contributed by atoms with Crippen LogP contribution in [0.25, 0.3) is 0 Å². The number of anilines is 1. The molecule has 4 amide bonds. The van der Waals surface area contributed by atoms with Crippen LogP contribution in [-0.2, 0) is 19.1 Å². The second kappa shape index (κ2) is 7.94. The van der Waals surface area contributed by atoms with Gasteiger partial charge in [-0.25, -0.2) is 9.18 Å². The van der Waals surface area contributed by atoms with Crippen molar-refractivity contribution in [2.75, 3.05) is 18.5 Å². The number of esters is 1. The number of benzene rings is 1. The van der Waals surface area contributed by atoms with Gasteiger partial charge < -0.3 is 15.4 Å². The minimum atomic E-state index is -1.01. The van der Waals surface area contributed by atoms with Gasteiger partial charge in [0.25, 0.3) is 11.8 Å². The first-order chi connectivity index (χ1) is 12.3. The zero-order valence-electron chi connectivity index (χ0n) is 14.5. The Bertz CT molecular complexity index is 733. The summed E-state index contributed by atoms with van der Waals surface area (Å²) in [4.78, 5) is 48.6. The van der Waals surface area contributed by atoms with Crippen molar-refractivity contribution in [2.24, 2.45) is 0 Å². The van der Waals surface area contributed by atoms with E-state index >= 15 is 0 Å². The van der Waals surface area contributed by atoms with E-state index < -0.39 is 48.3 Å². The molecule has 0 atom stereocenters. The summed E-state index contributed by atoms with van der Waals surface area (Å²) < 4.78 is 18.2. The van der Waals surface area contributed by atoms with Gasteiger partial charge in [-0.1, -0.05) is 26.0 Å². The molecule has 1 aliphatic rings. The fourth-order valence-electron chi connectivity index (χ4n) is 2.62. The number of nitrogens with zero attached hydrogens (tertiary/aromatic N) is 1. The van der Waals surface area contributed by atoms with Gasteiger partial charge in [-0.2, -0.15) is 0 Å². The van der Waals surface area contributed by atoms with Crippen LogP contribution >= 0.6 is 0 Å². The summed E-state index contributed by atoms with van der Waals surface area (Å²) in [5.74, 6) is -2.78. The Balaban J connectivity index is 1.87. The molecule has 1 aliphatic heterocycles. The highest BCUT2D eigenvalue weighted by Gasteiger charge is 2.49. The number of carbonyl (C=O) groups is 4. The van der Waals surface area contributed by atoms with Crippen molar-refractivity contribution in [3.63, 3.8) is 0 Å². The molecule has 1 fully saturated rings. The minimum Gasteiger partial charge on any atom is -0.454 e. The van der Waals surface area contributed by atoms with Gasteiger partial charge in [0.05, 0.1) is 5.69 Å². The lowest BCUT2D eigenvalue weighted by Gasteiger charge is -2.22. The number of urea groups is 1. The second-order valence-corrected chi connectivity index (χ2v) is 5.80. The molecule has 0 spiro atoms. The van der Waals surface area contributed by atoms with Crippen molar-refractivity contribution in [1.82, 2.24) is 10.2 Å². The van der Waals surface area contributed by atoms with Crippen LogP contribution in [0.2, 0.25) is 0 Å². The van der Waals surface area contributed by atoms with Gasteiger partial charge in [0.15, 0.2) is 6.61 Å². The number of para-hydroxylation sites is 1. The molecule has 1 aromatic rings. The number of rotatable bonds is 7. The zero-order chi connectivity index (χ0) is 19.3. The maximum Gasteiger partial charge on any atom is 0.326 e. The molecule has 140 valence electrons. The largest absolute Gasteiger partial charge is 0.454 e. The van der Waals surface area contributed by atoms with Crippen molar-refractivity contribution < 1.29 is 28.3 Å². The average molecular weight is 365 g/mol. The van der Waals surface area contributed by atoms with Crippen molar-refractivity contribution >= 4 is 29.5 Å². The van der Waals surface area contributed by atoms with Crippen LogP contribution in [0.1, 0.15) is 26.7 Å². The highest BCUT2D eigenvalue weighted by molar-refractivity contribution is 6.08. The first-order valence-electron chi connectivity index (χ1n) is 8.17. The number of hydrogen-bond donors (Lipinski definition) is 2. The zero-order valence-corrected chi connectivity index (χ0v) is 14.5. The molecule has 2 N–H and O–H groups in total. The van der Waals surface area contributed by atoms with Crippen molar-refractivity contribution in [1.29, 1.82) is 0 Å². The maximum absolute atomic E-state index is 13.4. The van der Waals surface area contributed by atoms with E-state index in [2.05, 4.69) is 10.6 Å². The summed E-state index contributed by atoms with van der Waals surface area (Å²) in [6.45, 7) is 2.26. The summed E-state index contributed by atoms with van der Waals surface area (Å²) in [5.41, 5.74) is -1.06. The first-order valence-corrected chi connectivity index (χ1v) is 8.17. The summed E-state index contributed by atoms with van der Waals surface area (Å²) in [5, 5.41) is 4.84. The lowest BCUT2D eigenvalue weighted by molar-refractivity contribution is -0.150. The van der Waals surface area contributed by atoms with Crippen molar-refractivity contribution in [2.45, 2.75) is 32.2 Å². The number of nitrogens with one attached hydrogen (secondary N) is 2. The van der Waals surface area contributed by atoms with E-state index in [-0.39, 0.29) is 5.69 Å². The van der Waals surface area contributed by atoms with Crippen molar-refractivity contribution in [3.05, 3.63) is 30.1 Å². The van der Waals surface area contributed by atoms with Gasteiger partial charge in [0.1, 0.15) is 17.9 Å². The third-order valence-corrected chi connectivity index (χ3v) is 4.25. The van der Waals surface area contributed by atoms with E-state index in [9.17, 15) is 23.6 Å². The number of hydrogen-bond acceptors (Lipinski definition) is 5. The lowest BCUT2D eigenvalue weighted by Crippen LogP contribution is -2.46. The van der Waals surface area contributed by atoms with Gasteiger partial charge in [0.2, 0.25) is 0 Å². The van der Waals surface area contributed by atoms with Crippen molar-refractivity contribution in [3.8, 4) is 0 Å². The minimum absolute atomic E-state index is 0.0432. The molecule has 0 unspecified atom stereocenters. The number of amides is 4. The van der Waals surface area contributed by atoms with Gasteiger partial charge in [0, 0.05) is 0 Å². The molecule has 0 saturated carbocycles. The van der Waals surface area contributed by atoms with Gasteiger partial charge >= 0.3 is 12.0 Å². The van der Waals surface area contributed by atoms with E-state index in [0.29, 0.717) is 12.8 Å². The normalized spacial score (nSPS) is 15.6. The molecule has 1 aromatic carbocycles. The van der Waals surface area contributed by atoms with E-state index in [1.54, 1.807) is 13.8 Å². The molecular formula is C17H20FN3O5. The molecule has 0 bridgehead atoms. The number of imide groups is 1. The Morgan fingerprint density at radius 2 is 1.88 bits per heavy atom. The van der Waals surface area contributed by atoms with E-state index in [0.717, 1.165) is 4.90 Å². The molecule has 0 aromatic heterocycles. The predicted octanol–water partition coefficient (Wildman–Crippen LogP) is 1.42. The molecule has 9 heteroatoms. The Morgan fingerprint density at radius 3 is 2.46 bits per heavy atom. The Hall–Kier alpha value is -2.97. The van der Waals surface area contributed by atoms with Crippen LogP contribution in [-0.4, -0.2) is 47.4 Å². The summed E-state index contributed by atoms with van der Waals surface area (Å²) >= 11 is 0. The summed E-state index contributed by atoms with van der Waals surface area (Å²) in [6.07, 6.45) is 0.787. The monoisotopic (exact) mass is 365 g/mol. The Kier molecular flexibility index (Phi) is 5.91. The van der Waals surface area contributed by atoms with Gasteiger partial charge in [-0.3, -0.25) is 19.3 Å². The fraction of sp³-hybridized carbons (Fsp3) is 0.412. The standard InChI is InChI=1S/C17H20FN3O5/c1-3-17(4-2)15(24)21(16(25)20-17)9-14(23)26-10-13(22)19-12-8-6-5-7-11(12)18/h5-8H,3-4,9-10H2,1-2H3,(H,19,22)(H,20,25). The third kappa shape index (κ3) is 3.98. The highest BCUT2D eigenvalue weighted by Crippen LogP contribution is 2.24. The molecule has 0 radical (unpaired) electrons. The van der Waals surface area contributed by atoms with Crippen LogP contribution in [0, 0.1) is 5.82 Å². The van der Waals surface area contributed by atoms with Crippen LogP contribution < -0.4 is 10.6 Å². The number of halogens is 1. The molecule has 2 rings (SSSR count). The maximum atomic E-state index is 13.4. The SMILES string of the molecule is CCC1(CC)NC(=O)N(CC(=O)OCC(=O)Nc2ccccc2F)C1=O. The van der Waals surface area contributed by atoms with Gasteiger partial charge in [-0.05, 0) is 25.0 Å². The van der Waals surface area contributed by atoms with E-state index in [1.807, 2.05) is 0 Å². The summed E-state index contributed by atoms with van der Waals surface area (Å²) in [7, 11) is 0. The average Bonchev–Trinajstić information content (AvgIpc) is 2.86. The smallest absolute Gasteiger partial charge is 0.326 e. The second-order valence-electron chi connectivity index (χ2n) is 5.80. The predicted molar refractivity (Wildman–Crippen MR) is 89.5 cm³/mol. The molecule has 0 aliphatic carbocycles. The molecule has 1 saturated heterocycles. The topological polar surface area (TPSA) is 105 Å². The highest BCUT2D eigenvalue weighted by atomic mass is 19.1. The summed E-state index contributed by atoms with van der Waals surface area (Å²) in [6, 6.07) is 4.86. The van der Waals surface area contributed by atoms with Gasteiger partial charge in [-0.15, -0.1) is 0 Å². The molecule has 1 heterocycles. The Labute approximate surface area is 149 Å². The van der Waals surface area contributed by atoms with E-state index in [4.69, 9.17) is 4.74 Å². The third-order valence-electron chi connectivity index (χ3n) is 4.25. The lowest BCUT2D eigenvalue weighted by atomic mass is 9.93. The molecule has 26 heavy (non-hydrogen) atoms. The quantitative estimate of drug-likeness (QED) is 0.562. The molecule has 8 nitrogen and oxygen atoms in total. The van der Waals surface area contributed by atoms with Crippen LogP contribution in [0.4, 0.5) is 14.9 Å². The van der Waals surface area contributed by atoms with Crippen LogP contribution in [0.5, 0.6) is 0 Å². The first kappa shape index (κ1) is 19.4. The number of ether oxygens (including phenoxy) is 1.